The zero-order chi connectivity index (χ0) is 15.9. The van der Waals surface area contributed by atoms with Gasteiger partial charge in [0.2, 0.25) is 0 Å². The third kappa shape index (κ3) is 2.41. The first-order chi connectivity index (χ1) is 9.64. The molecule has 0 bridgehead atoms. The van der Waals surface area contributed by atoms with E-state index in [4.69, 9.17) is 9.52 Å². The summed E-state index contributed by atoms with van der Waals surface area (Å²) in [5, 5.41) is 12.3. The van der Waals surface area contributed by atoms with Gasteiger partial charge in [0.1, 0.15) is 11.3 Å². The molecule has 0 aliphatic heterocycles. The topological polar surface area (TPSA) is 85.3 Å². The van der Waals surface area contributed by atoms with Gasteiger partial charge in [-0.25, -0.2) is 4.79 Å². The van der Waals surface area contributed by atoms with E-state index >= 15 is 0 Å². The average molecular weight is 302 g/mol. The molecule has 0 aromatic carbocycles. The predicted octanol–water partition coefficient (Wildman–Crippen LogP) is 2.60. The van der Waals surface area contributed by atoms with Crippen molar-refractivity contribution in [2.45, 2.75) is 13.1 Å². The first-order valence-corrected chi connectivity index (χ1v) is 5.61. The fourth-order valence-corrected chi connectivity index (χ4v) is 2.01. The molecule has 0 atom stereocenters. The number of halogens is 3. The number of furan rings is 1. The van der Waals surface area contributed by atoms with Crippen molar-refractivity contribution in [1.82, 2.24) is 9.78 Å². The van der Waals surface area contributed by atoms with Crippen molar-refractivity contribution in [3.05, 3.63) is 29.3 Å². The lowest BCUT2D eigenvalue weighted by Crippen LogP contribution is -2.09. The molecule has 2 aromatic rings. The summed E-state index contributed by atoms with van der Waals surface area (Å²) >= 11 is 0. The van der Waals surface area contributed by atoms with Crippen LogP contribution in [0.3, 0.4) is 0 Å². The van der Waals surface area contributed by atoms with E-state index in [9.17, 15) is 22.8 Å². The Kier molecular flexibility index (Phi) is 3.36. The molecule has 0 saturated carbocycles. The summed E-state index contributed by atoms with van der Waals surface area (Å²) in [5.41, 5.74) is -2.89. The number of ketones is 1. The number of Topliss-reactive ketones (excluding diaryl/α,β-unsaturated/α-hetero) is 1. The molecule has 21 heavy (non-hydrogen) atoms. The van der Waals surface area contributed by atoms with Gasteiger partial charge >= 0.3 is 12.1 Å². The lowest BCUT2D eigenvalue weighted by molar-refractivity contribution is -0.141. The van der Waals surface area contributed by atoms with Crippen LogP contribution in [0.5, 0.6) is 0 Å². The zero-order valence-electron chi connectivity index (χ0n) is 10.9. The Morgan fingerprint density at radius 2 is 2.00 bits per heavy atom. The molecule has 2 heterocycles. The van der Waals surface area contributed by atoms with Crippen molar-refractivity contribution < 1.29 is 32.3 Å². The number of aromatic nitrogens is 2. The van der Waals surface area contributed by atoms with Gasteiger partial charge in [0.05, 0.1) is 11.8 Å². The minimum Gasteiger partial charge on any atom is -0.478 e. The molecule has 6 nitrogen and oxygen atoms in total. The van der Waals surface area contributed by atoms with Gasteiger partial charge in [-0.05, 0) is 6.07 Å². The maximum Gasteiger partial charge on any atom is 0.435 e. The van der Waals surface area contributed by atoms with E-state index in [-0.39, 0.29) is 5.69 Å². The quantitative estimate of drug-likeness (QED) is 0.881. The van der Waals surface area contributed by atoms with Gasteiger partial charge in [-0.3, -0.25) is 9.48 Å². The largest absolute Gasteiger partial charge is 0.478 e. The fourth-order valence-electron chi connectivity index (χ4n) is 2.01. The molecule has 0 aliphatic carbocycles. The van der Waals surface area contributed by atoms with Crippen molar-refractivity contribution in [3.63, 3.8) is 0 Å². The molecular weight excluding hydrogens is 293 g/mol. The number of carbonyl (C=O) groups excluding carboxylic acids is 1. The van der Waals surface area contributed by atoms with Gasteiger partial charge < -0.3 is 9.52 Å². The van der Waals surface area contributed by atoms with Crippen LogP contribution in [0, 0.1) is 0 Å². The summed E-state index contributed by atoms with van der Waals surface area (Å²) in [6.45, 7) is 1.06. The minimum atomic E-state index is -4.86. The normalized spacial score (nSPS) is 11.7. The standard InChI is InChI=1S/C12H9F3N2O4/c1-5(18)8-7(9-6(11(19)20)3-4-21-9)10(12(13,14)15)16-17(8)2/h3-4H,1-2H3,(H,19,20). The van der Waals surface area contributed by atoms with Crippen LogP contribution in [0.25, 0.3) is 11.3 Å². The molecule has 0 unspecified atom stereocenters. The number of carbonyl (C=O) groups is 2. The molecular formula is C12H9F3N2O4. The first-order valence-electron chi connectivity index (χ1n) is 5.61. The van der Waals surface area contributed by atoms with Crippen LogP contribution in [0.1, 0.15) is 33.5 Å². The molecule has 0 saturated heterocycles. The van der Waals surface area contributed by atoms with Crippen molar-refractivity contribution in [3.8, 4) is 11.3 Å². The van der Waals surface area contributed by atoms with Gasteiger partial charge in [-0.2, -0.15) is 18.3 Å². The minimum absolute atomic E-state index is 0.375. The van der Waals surface area contributed by atoms with Crippen molar-refractivity contribution in [1.29, 1.82) is 0 Å². The second-order valence-electron chi connectivity index (χ2n) is 4.22. The fraction of sp³-hybridized carbons (Fsp3) is 0.250. The second kappa shape index (κ2) is 4.76. The molecule has 1 N–H and O–H groups in total. The Morgan fingerprint density at radius 1 is 1.38 bits per heavy atom. The molecule has 112 valence electrons. The van der Waals surface area contributed by atoms with Crippen molar-refractivity contribution in [2.75, 3.05) is 0 Å². The number of aryl methyl sites for hydroxylation is 1. The van der Waals surface area contributed by atoms with Crippen LogP contribution in [0.15, 0.2) is 16.7 Å². The van der Waals surface area contributed by atoms with E-state index in [1.807, 2.05) is 0 Å². The van der Waals surface area contributed by atoms with E-state index in [0.29, 0.717) is 0 Å². The number of hydrogen-bond acceptors (Lipinski definition) is 4. The second-order valence-corrected chi connectivity index (χ2v) is 4.22. The molecule has 0 fully saturated rings. The van der Waals surface area contributed by atoms with E-state index < -0.39 is 40.5 Å². The average Bonchev–Trinajstić information content (AvgIpc) is 2.90. The zero-order valence-corrected chi connectivity index (χ0v) is 10.9. The van der Waals surface area contributed by atoms with Crippen LogP contribution in [-0.2, 0) is 13.2 Å². The number of aromatic carboxylic acids is 1. The van der Waals surface area contributed by atoms with Crippen LogP contribution in [-0.4, -0.2) is 26.6 Å². The number of nitrogens with zero attached hydrogens (tertiary/aromatic N) is 2. The Labute approximate surface area is 115 Å². The highest BCUT2D eigenvalue weighted by atomic mass is 19.4. The maximum absolute atomic E-state index is 13.1. The summed E-state index contributed by atoms with van der Waals surface area (Å²) in [5.74, 6) is -2.71. The molecule has 9 heteroatoms. The highest BCUT2D eigenvalue weighted by molar-refractivity contribution is 6.03. The Hall–Kier alpha value is -2.58. The van der Waals surface area contributed by atoms with Gasteiger partial charge in [0, 0.05) is 14.0 Å². The van der Waals surface area contributed by atoms with Crippen molar-refractivity contribution in [2.24, 2.45) is 7.05 Å². The summed E-state index contributed by atoms with van der Waals surface area (Å²) in [6, 6.07) is 1.01. The smallest absolute Gasteiger partial charge is 0.435 e. The van der Waals surface area contributed by atoms with Gasteiger partial charge in [-0.15, -0.1) is 0 Å². The van der Waals surface area contributed by atoms with Crippen molar-refractivity contribution >= 4 is 11.8 Å². The van der Waals surface area contributed by atoms with Gasteiger partial charge in [0.15, 0.2) is 17.2 Å². The van der Waals surface area contributed by atoms with E-state index in [1.165, 1.54) is 7.05 Å². The third-order valence-electron chi connectivity index (χ3n) is 2.77. The van der Waals surface area contributed by atoms with E-state index in [1.54, 1.807) is 0 Å². The first kappa shape index (κ1) is 14.8. The van der Waals surface area contributed by atoms with Crippen LogP contribution < -0.4 is 0 Å². The highest BCUT2D eigenvalue weighted by Crippen LogP contribution is 2.40. The molecule has 0 radical (unpaired) electrons. The van der Waals surface area contributed by atoms with Crippen LogP contribution in [0.4, 0.5) is 13.2 Å². The lowest BCUT2D eigenvalue weighted by Gasteiger charge is -2.06. The van der Waals surface area contributed by atoms with E-state index in [0.717, 1.165) is 23.9 Å². The SMILES string of the molecule is CC(=O)c1c(-c2occc2C(=O)O)c(C(F)(F)F)nn1C. The maximum atomic E-state index is 13.1. The highest BCUT2D eigenvalue weighted by Gasteiger charge is 2.42. The van der Waals surface area contributed by atoms with Gasteiger partial charge in [0.25, 0.3) is 0 Å². The summed E-state index contributed by atoms with van der Waals surface area (Å²) in [7, 11) is 1.17. The number of alkyl halides is 3. The van der Waals surface area contributed by atoms with Gasteiger partial charge in [-0.1, -0.05) is 0 Å². The molecule has 2 rings (SSSR count). The molecule has 0 spiro atoms. The number of rotatable bonds is 3. The predicted molar refractivity (Wildman–Crippen MR) is 62.9 cm³/mol. The summed E-state index contributed by atoms with van der Waals surface area (Å²) in [6.07, 6.45) is -3.92. The molecule has 0 aliphatic rings. The monoisotopic (exact) mass is 302 g/mol. The number of carboxylic acids is 1. The molecule has 2 aromatic heterocycles. The van der Waals surface area contributed by atoms with E-state index in [2.05, 4.69) is 5.10 Å². The van der Waals surface area contributed by atoms with Crippen LogP contribution in [0.2, 0.25) is 0 Å². The lowest BCUT2D eigenvalue weighted by atomic mass is 10.0. The summed E-state index contributed by atoms with van der Waals surface area (Å²) < 4.78 is 44.8. The number of carboxylic acid groups (broad SMARTS) is 1. The number of hydrogen-bond donors (Lipinski definition) is 1. The third-order valence-corrected chi connectivity index (χ3v) is 2.77. The van der Waals surface area contributed by atoms with Crippen LogP contribution >= 0.6 is 0 Å². The summed E-state index contributed by atoms with van der Waals surface area (Å²) in [4.78, 5) is 22.6. The Bertz CT molecular complexity index is 727. The molecule has 0 amide bonds. The Morgan fingerprint density at radius 3 is 2.48 bits per heavy atom. The Balaban J connectivity index is 2.86.